The van der Waals surface area contributed by atoms with Crippen molar-refractivity contribution in [3.05, 3.63) is 24.3 Å². The van der Waals surface area contributed by atoms with E-state index in [1.807, 2.05) is 26.2 Å². The summed E-state index contributed by atoms with van der Waals surface area (Å²) in [6.07, 6.45) is 0. The number of likely N-dealkylation sites (N-methyl/N-ethyl adjacent to an activating group) is 1. The molecule has 3 N–H and O–H groups in total. The molecule has 0 aliphatic carbocycles. The van der Waals surface area contributed by atoms with Gasteiger partial charge in [0.25, 0.3) is 0 Å². The van der Waals surface area contributed by atoms with E-state index in [4.69, 9.17) is 10.5 Å². The fourth-order valence-corrected chi connectivity index (χ4v) is 1.24. The van der Waals surface area contributed by atoms with Crippen LogP contribution in [0, 0.1) is 0 Å². The first-order chi connectivity index (χ1) is 8.49. The van der Waals surface area contributed by atoms with Crippen LogP contribution in [-0.4, -0.2) is 44.1 Å². The Hall–Kier alpha value is -1.59. The molecule has 5 nitrogen and oxygen atoms in total. The molecule has 0 heterocycles. The van der Waals surface area contributed by atoms with E-state index >= 15 is 0 Å². The van der Waals surface area contributed by atoms with E-state index in [0.717, 1.165) is 18.0 Å². The minimum Gasteiger partial charge on any atom is -0.492 e. The molecule has 5 heteroatoms. The predicted octanol–water partition coefficient (Wildman–Crippen LogP) is 0.913. The summed E-state index contributed by atoms with van der Waals surface area (Å²) in [6.45, 7) is 3.15. The monoisotopic (exact) mass is 251 g/mol. The third kappa shape index (κ3) is 5.16. The molecule has 0 saturated carbocycles. The molecule has 0 unspecified atom stereocenters. The van der Waals surface area contributed by atoms with Gasteiger partial charge < -0.3 is 20.7 Å². The Bertz CT molecular complexity index is 374. The van der Waals surface area contributed by atoms with Crippen molar-refractivity contribution < 1.29 is 9.53 Å². The summed E-state index contributed by atoms with van der Waals surface area (Å²) in [5.74, 6) is 0.590. The van der Waals surface area contributed by atoms with E-state index in [9.17, 15) is 4.79 Å². The van der Waals surface area contributed by atoms with E-state index < -0.39 is 6.04 Å². The number of carbonyl (C=O) groups excluding carboxylic acids is 1. The molecule has 0 aromatic heterocycles. The first-order valence-corrected chi connectivity index (χ1v) is 5.93. The van der Waals surface area contributed by atoms with Crippen LogP contribution in [0.5, 0.6) is 5.75 Å². The zero-order chi connectivity index (χ0) is 13.5. The van der Waals surface area contributed by atoms with Crippen LogP contribution in [0.15, 0.2) is 24.3 Å². The van der Waals surface area contributed by atoms with Crippen LogP contribution in [-0.2, 0) is 4.79 Å². The third-order valence-electron chi connectivity index (χ3n) is 2.34. The van der Waals surface area contributed by atoms with Crippen LogP contribution in [0.4, 0.5) is 5.69 Å². The largest absolute Gasteiger partial charge is 0.492 e. The van der Waals surface area contributed by atoms with Crippen molar-refractivity contribution in [1.82, 2.24) is 4.90 Å². The quantitative estimate of drug-likeness (QED) is 0.788. The van der Waals surface area contributed by atoms with E-state index in [0.29, 0.717) is 6.61 Å². The molecule has 18 heavy (non-hydrogen) atoms. The molecule has 1 atom stereocenters. The van der Waals surface area contributed by atoms with Gasteiger partial charge in [-0.15, -0.1) is 0 Å². The third-order valence-corrected chi connectivity index (χ3v) is 2.34. The van der Waals surface area contributed by atoms with Crippen LogP contribution in [0.25, 0.3) is 0 Å². The van der Waals surface area contributed by atoms with Crippen molar-refractivity contribution in [3.63, 3.8) is 0 Å². The molecule has 0 spiro atoms. The topological polar surface area (TPSA) is 67.6 Å². The minimum atomic E-state index is -0.513. The lowest BCUT2D eigenvalue weighted by Crippen LogP contribution is -2.32. The van der Waals surface area contributed by atoms with Crippen LogP contribution in [0.2, 0.25) is 0 Å². The summed E-state index contributed by atoms with van der Waals surface area (Å²) in [7, 11) is 3.99. The van der Waals surface area contributed by atoms with Gasteiger partial charge in [0.1, 0.15) is 12.4 Å². The second-order valence-corrected chi connectivity index (χ2v) is 4.45. The predicted molar refractivity (Wildman–Crippen MR) is 72.8 cm³/mol. The summed E-state index contributed by atoms with van der Waals surface area (Å²) in [5.41, 5.74) is 6.19. The molecule has 1 rings (SSSR count). The van der Waals surface area contributed by atoms with Crippen molar-refractivity contribution in [2.75, 3.05) is 32.6 Å². The highest BCUT2D eigenvalue weighted by molar-refractivity contribution is 5.94. The Labute approximate surface area is 108 Å². The molecule has 1 amide bonds. The maximum Gasteiger partial charge on any atom is 0.240 e. The van der Waals surface area contributed by atoms with Crippen molar-refractivity contribution in [2.24, 2.45) is 5.73 Å². The van der Waals surface area contributed by atoms with Gasteiger partial charge in [-0.05, 0) is 45.3 Å². The van der Waals surface area contributed by atoms with E-state index in [2.05, 4.69) is 10.2 Å². The molecular weight excluding hydrogens is 230 g/mol. The highest BCUT2D eigenvalue weighted by Gasteiger charge is 2.07. The van der Waals surface area contributed by atoms with Crippen molar-refractivity contribution in [3.8, 4) is 5.75 Å². The first-order valence-electron chi connectivity index (χ1n) is 5.93. The average Bonchev–Trinajstić information content (AvgIpc) is 2.30. The molecule has 1 aromatic carbocycles. The smallest absolute Gasteiger partial charge is 0.240 e. The van der Waals surface area contributed by atoms with Crippen molar-refractivity contribution in [1.29, 1.82) is 0 Å². The number of hydrogen-bond acceptors (Lipinski definition) is 4. The maximum atomic E-state index is 11.4. The second kappa shape index (κ2) is 6.98. The zero-order valence-corrected chi connectivity index (χ0v) is 11.1. The average molecular weight is 251 g/mol. The highest BCUT2D eigenvalue weighted by Crippen LogP contribution is 2.15. The Balaban J connectivity index is 2.45. The van der Waals surface area contributed by atoms with Gasteiger partial charge in [-0.3, -0.25) is 4.79 Å². The summed E-state index contributed by atoms with van der Waals surface area (Å²) in [6, 6.07) is 6.73. The number of carbonyl (C=O) groups is 1. The van der Waals surface area contributed by atoms with Crippen molar-refractivity contribution >= 4 is 11.6 Å². The number of benzene rings is 1. The lowest BCUT2D eigenvalue weighted by molar-refractivity contribution is -0.117. The fraction of sp³-hybridized carbons (Fsp3) is 0.462. The van der Waals surface area contributed by atoms with Crippen LogP contribution >= 0.6 is 0 Å². The van der Waals surface area contributed by atoms with Gasteiger partial charge in [0.05, 0.1) is 6.04 Å². The molecule has 0 aliphatic rings. The number of nitrogens with one attached hydrogen (secondary N) is 1. The van der Waals surface area contributed by atoms with Gasteiger partial charge in [-0.2, -0.15) is 0 Å². The van der Waals surface area contributed by atoms with E-state index in [-0.39, 0.29) is 5.91 Å². The highest BCUT2D eigenvalue weighted by atomic mass is 16.5. The van der Waals surface area contributed by atoms with Gasteiger partial charge in [0.15, 0.2) is 0 Å². The molecule has 0 fully saturated rings. The van der Waals surface area contributed by atoms with Gasteiger partial charge in [-0.25, -0.2) is 0 Å². The number of anilines is 1. The lowest BCUT2D eigenvalue weighted by atomic mass is 10.2. The molecule has 0 radical (unpaired) electrons. The van der Waals surface area contributed by atoms with Crippen LogP contribution in [0.1, 0.15) is 6.92 Å². The Morgan fingerprint density at radius 1 is 1.39 bits per heavy atom. The van der Waals surface area contributed by atoms with Gasteiger partial charge >= 0.3 is 0 Å². The molecule has 1 aromatic rings. The van der Waals surface area contributed by atoms with Gasteiger partial charge in [0.2, 0.25) is 5.91 Å². The van der Waals surface area contributed by atoms with Crippen LogP contribution < -0.4 is 15.8 Å². The normalized spacial score (nSPS) is 12.3. The SMILES string of the molecule is C[C@H](N)C(=O)Nc1ccc(OCCN(C)C)cc1. The Morgan fingerprint density at radius 3 is 2.50 bits per heavy atom. The molecule has 0 bridgehead atoms. The number of nitrogens with zero attached hydrogens (tertiary/aromatic N) is 1. The summed E-state index contributed by atoms with van der Waals surface area (Å²) in [4.78, 5) is 13.4. The summed E-state index contributed by atoms with van der Waals surface area (Å²) in [5, 5.41) is 2.72. The maximum absolute atomic E-state index is 11.4. The Morgan fingerprint density at radius 2 is 2.00 bits per heavy atom. The standard InChI is InChI=1S/C13H21N3O2/c1-10(14)13(17)15-11-4-6-12(7-5-11)18-9-8-16(2)3/h4-7,10H,8-9,14H2,1-3H3,(H,15,17)/t10-/m0/s1. The number of ether oxygens (including phenoxy) is 1. The van der Waals surface area contributed by atoms with E-state index in [1.54, 1.807) is 19.1 Å². The van der Waals surface area contributed by atoms with E-state index in [1.165, 1.54) is 0 Å². The molecule has 0 aliphatic heterocycles. The van der Waals surface area contributed by atoms with Gasteiger partial charge in [0, 0.05) is 12.2 Å². The minimum absolute atomic E-state index is 0.198. The molecule has 100 valence electrons. The second-order valence-electron chi connectivity index (χ2n) is 4.45. The van der Waals surface area contributed by atoms with Crippen LogP contribution in [0.3, 0.4) is 0 Å². The lowest BCUT2D eigenvalue weighted by Gasteiger charge is -2.12. The molecule has 0 saturated heterocycles. The number of amides is 1. The Kier molecular flexibility index (Phi) is 5.61. The zero-order valence-electron chi connectivity index (χ0n) is 11.1. The molecular formula is C13H21N3O2. The first kappa shape index (κ1) is 14.5. The number of nitrogens with two attached hydrogens (primary N) is 1. The summed E-state index contributed by atoms with van der Waals surface area (Å²) >= 11 is 0. The summed E-state index contributed by atoms with van der Waals surface area (Å²) < 4.78 is 5.55. The fourth-order valence-electron chi connectivity index (χ4n) is 1.24. The number of rotatable bonds is 6. The van der Waals surface area contributed by atoms with Gasteiger partial charge in [-0.1, -0.05) is 0 Å². The number of hydrogen-bond donors (Lipinski definition) is 2. The van der Waals surface area contributed by atoms with Crippen molar-refractivity contribution in [2.45, 2.75) is 13.0 Å².